The van der Waals surface area contributed by atoms with Gasteiger partial charge < -0.3 is 5.32 Å². The van der Waals surface area contributed by atoms with E-state index in [1.807, 2.05) is 18.3 Å². The second-order valence-corrected chi connectivity index (χ2v) is 2.55. The molecule has 1 saturated heterocycles. The van der Waals surface area contributed by atoms with E-state index in [0.717, 1.165) is 6.54 Å². The lowest BCUT2D eigenvalue weighted by Crippen LogP contribution is -2.35. The Labute approximate surface area is 72.4 Å². The SMILES string of the molecule is Cl.c1ccc([C@@H]2CCN2)nc1. The van der Waals surface area contributed by atoms with Gasteiger partial charge in [-0.2, -0.15) is 0 Å². The number of hydrogen-bond acceptors (Lipinski definition) is 2. The minimum Gasteiger partial charge on any atom is -0.309 e. The van der Waals surface area contributed by atoms with Crippen LogP contribution in [0.3, 0.4) is 0 Å². The predicted molar refractivity (Wildman–Crippen MR) is 46.8 cm³/mol. The third-order valence-electron chi connectivity index (χ3n) is 1.87. The normalized spacial score (nSPS) is 21.6. The molecule has 60 valence electrons. The van der Waals surface area contributed by atoms with Crippen molar-refractivity contribution >= 4 is 12.4 Å². The Balaban J connectivity index is 0.000000605. The molecule has 0 radical (unpaired) electrons. The summed E-state index contributed by atoms with van der Waals surface area (Å²) < 4.78 is 0. The van der Waals surface area contributed by atoms with Gasteiger partial charge in [-0.05, 0) is 25.1 Å². The van der Waals surface area contributed by atoms with Gasteiger partial charge in [-0.25, -0.2) is 0 Å². The molecule has 1 aliphatic heterocycles. The fourth-order valence-electron chi connectivity index (χ4n) is 1.12. The predicted octanol–water partition coefficient (Wildman–Crippen LogP) is 1.54. The van der Waals surface area contributed by atoms with Gasteiger partial charge in [0.2, 0.25) is 0 Å². The molecule has 0 saturated carbocycles. The van der Waals surface area contributed by atoms with Gasteiger partial charge in [0.15, 0.2) is 0 Å². The Bertz CT molecular complexity index is 209. The van der Waals surface area contributed by atoms with E-state index in [4.69, 9.17) is 0 Å². The van der Waals surface area contributed by atoms with Gasteiger partial charge in [-0.1, -0.05) is 6.07 Å². The highest BCUT2D eigenvalue weighted by Crippen LogP contribution is 2.19. The van der Waals surface area contributed by atoms with E-state index in [1.165, 1.54) is 12.1 Å². The van der Waals surface area contributed by atoms with E-state index in [9.17, 15) is 0 Å². The molecule has 0 bridgehead atoms. The van der Waals surface area contributed by atoms with Gasteiger partial charge in [0.1, 0.15) is 0 Å². The fourth-order valence-corrected chi connectivity index (χ4v) is 1.12. The van der Waals surface area contributed by atoms with Crippen LogP contribution < -0.4 is 5.32 Å². The molecule has 3 heteroatoms. The summed E-state index contributed by atoms with van der Waals surface area (Å²) in [6.07, 6.45) is 3.08. The largest absolute Gasteiger partial charge is 0.309 e. The molecule has 0 unspecified atom stereocenters. The maximum absolute atomic E-state index is 4.24. The molecule has 0 aliphatic carbocycles. The van der Waals surface area contributed by atoms with Crippen LogP contribution in [0.4, 0.5) is 0 Å². The average Bonchev–Trinajstić information content (AvgIpc) is 1.86. The monoisotopic (exact) mass is 170 g/mol. The maximum Gasteiger partial charge on any atom is 0.0573 e. The highest BCUT2D eigenvalue weighted by molar-refractivity contribution is 5.85. The van der Waals surface area contributed by atoms with Gasteiger partial charge in [0.25, 0.3) is 0 Å². The molecule has 2 nitrogen and oxygen atoms in total. The fraction of sp³-hybridized carbons (Fsp3) is 0.375. The summed E-state index contributed by atoms with van der Waals surface area (Å²) in [6.45, 7) is 1.14. The van der Waals surface area contributed by atoms with Crippen LogP contribution in [0.15, 0.2) is 24.4 Å². The molecule has 0 amide bonds. The highest BCUT2D eigenvalue weighted by atomic mass is 35.5. The van der Waals surface area contributed by atoms with Crippen molar-refractivity contribution in [3.63, 3.8) is 0 Å². The van der Waals surface area contributed by atoms with Crippen LogP contribution in [0.25, 0.3) is 0 Å². The minimum absolute atomic E-state index is 0. The van der Waals surface area contributed by atoms with Crippen LogP contribution in [-0.2, 0) is 0 Å². The highest BCUT2D eigenvalue weighted by Gasteiger charge is 2.18. The number of hydrogen-bond donors (Lipinski definition) is 1. The smallest absolute Gasteiger partial charge is 0.0573 e. The first-order chi connectivity index (χ1) is 4.97. The summed E-state index contributed by atoms with van der Waals surface area (Å²) >= 11 is 0. The molecule has 0 aromatic carbocycles. The zero-order chi connectivity index (χ0) is 6.81. The zero-order valence-corrected chi connectivity index (χ0v) is 6.97. The molecule has 1 aromatic heterocycles. The lowest BCUT2D eigenvalue weighted by atomic mass is 10.0. The first-order valence-corrected chi connectivity index (χ1v) is 3.61. The quantitative estimate of drug-likeness (QED) is 0.692. The molecule has 1 fully saturated rings. The Kier molecular flexibility index (Phi) is 2.85. The topological polar surface area (TPSA) is 24.9 Å². The standard InChI is InChI=1S/C8H10N2.ClH/c1-2-5-9-7(3-1)8-4-6-10-8;/h1-3,5,8,10H,4,6H2;1H/t8-;/m0./s1. The molecule has 1 aromatic rings. The summed E-state index contributed by atoms with van der Waals surface area (Å²) in [5.74, 6) is 0. The Morgan fingerprint density at radius 2 is 2.27 bits per heavy atom. The van der Waals surface area contributed by atoms with Gasteiger partial charge >= 0.3 is 0 Å². The third kappa shape index (κ3) is 1.70. The Morgan fingerprint density at radius 3 is 2.73 bits per heavy atom. The number of halogens is 1. The molecule has 1 aliphatic rings. The second kappa shape index (κ2) is 3.69. The minimum atomic E-state index is 0. The number of nitrogens with one attached hydrogen (secondary N) is 1. The molecular weight excluding hydrogens is 160 g/mol. The van der Waals surface area contributed by atoms with E-state index in [-0.39, 0.29) is 12.4 Å². The van der Waals surface area contributed by atoms with Crippen molar-refractivity contribution in [3.05, 3.63) is 30.1 Å². The zero-order valence-electron chi connectivity index (χ0n) is 6.16. The molecule has 1 atom stereocenters. The third-order valence-corrected chi connectivity index (χ3v) is 1.87. The summed E-state index contributed by atoms with van der Waals surface area (Å²) in [5.41, 5.74) is 1.17. The van der Waals surface area contributed by atoms with Crippen LogP contribution in [-0.4, -0.2) is 11.5 Å². The van der Waals surface area contributed by atoms with Crippen molar-refractivity contribution in [3.8, 4) is 0 Å². The van der Waals surface area contributed by atoms with Crippen LogP contribution in [0, 0.1) is 0 Å². The van der Waals surface area contributed by atoms with Crippen molar-refractivity contribution in [2.45, 2.75) is 12.5 Å². The molecule has 2 rings (SSSR count). The van der Waals surface area contributed by atoms with Crippen LogP contribution in [0.5, 0.6) is 0 Å². The Hall–Kier alpha value is -0.600. The van der Waals surface area contributed by atoms with Gasteiger partial charge in [0, 0.05) is 6.20 Å². The van der Waals surface area contributed by atoms with Crippen molar-refractivity contribution in [2.75, 3.05) is 6.54 Å². The summed E-state index contributed by atoms with van der Waals surface area (Å²) in [5, 5.41) is 3.30. The van der Waals surface area contributed by atoms with Crippen molar-refractivity contribution in [2.24, 2.45) is 0 Å². The molecular formula is C8H11ClN2. The Morgan fingerprint density at radius 1 is 1.45 bits per heavy atom. The second-order valence-electron chi connectivity index (χ2n) is 2.55. The number of nitrogens with zero attached hydrogens (tertiary/aromatic N) is 1. The molecule has 1 N–H and O–H groups in total. The van der Waals surface area contributed by atoms with E-state index in [2.05, 4.69) is 16.4 Å². The first-order valence-electron chi connectivity index (χ1n) is 3.61. The first kappa shape index (κ1) is 8.50. The van der Waals surface area contributed by atoms with Crippen molar-refractivity contribution in [1.82, 2.24) is 10.3 Å². The summed E-state index contributed by atoms with van der Waals surface area (Å²) in [6, 6.07) is 6.57. The average molecular weight is 171 g/mol. The van der Waals surface area contributed by atoms with E-state index >= 15 is 0 Å². The van der Waals surface area contributed by atoms with E-state index in [1.54, 1.807) is 0 Å². The molecule has 2 heterocycles. The van der Waals surface area contributed by atoms with Crippen LogP contribution in [0.1, 0.15) is 18.2 Å². The van der Waals surface area contributed by atoms with Crippen molar-refractivity contribution in [1.29, 1.82) is 0 Å². The number of pyridine rings is 1. The van der Waals surface area contributed by atoms with Gasteiger partial charge in [-0.3, -0.25) is 4.98 Å². The van der Waals surface area contributed by atoms with E-state index < -0.39 is 0 Å². The summed E-state index contributed by atoms with van der Waals surface area (Å²) in [4.78, 5) is 4.24. The number of rotatable bonds is 1. The summed E-state index contributed by atoms with van der Waals surface area (Å²) in [7, 11) is 0. The van der Waals surface area contributed by atoms with Crippen LogP contribution >= 0.6 is 12.4 Å². The van der Waals surface area contributed by atoms with Crippen molar-refractivity contribution < 1.29 is 0 Å². The van der Waals surface area contributed by atoms with E-state index in [0.29, 0.717) is 6.04 Å². The lowest BCUT2D eigenvalue weighted by molar-refractivity contribution is 0.375. The van der Waals surface area contributed by atoms with Gasteiger partial charge in [-0.15, -0.1) is 12.4 Å². The number of aromatic nitrogens is 1. The maximum atomic E-state index is 4.24. The van der Waals surface area contributed by atoms with Crippen LogP contribution in [0.2, 0.25) is 0 Å². The van der Waals surface area contributed by atoms with Gasteiger partial charge in [0.05, 0.1) is 11.7 Å². The molecule has 11 heavy (non-hydrogen) atoms. The molecule has 0 spiro atoms. The lowest BCUT2D eigenvalue weighted by Gasteiger charge is -2.26.